The summed E-state index contributed by atoms with van der Waals surface area (Å²) in [7, 11) is 0. The summed E-state index contributed by atoms with van der Waals surface area (Å²) in [6.07, 6.45) is 1.57. The van der Waals surface area contributed by atoms with Gasteiger partial charge in [-0.15, -0.1) is 0 Å². The Bertz CT molecular complexity index is 711. The molecule has 0 aromatic heterocycles. The highest BCUT2D eigenvalue weighted by Gasteiger charge is 2.19. The second kappa shape index (κ2) is 6.84. The second-order valence-electron chi connectivity index (χ2n) is 5.58. The Kier molecular flexibility index (Phi) is 4.63. The zero-order chi connectivity index (χ0) is 16.2. The number of benzene rings is 2. The van der Waals surface area contributed by atoms with E-state index in [1.165, 1.54) is 0 Å². The Labute approximate surface area is 140 Å². The maximum Gasteiger partial charge on any atom is 0.255 e. The first-order valence-electron chi connectivity index (χ1n) is 7.55. The second-order valence-corrected chi connectivity index (χ2v) is 6.01. The molecule has 2 aromatic carbocycles. The van der Waals surface area contributed by atoms with Crippen LogP contribution in [0.2, 0.25) is 5.02 Å². The molecule has 1 heterocycles. The van der Waals surface area contributed by atoms with E-state index in [0.717, 1.165) is 18.5 Å². The van der Waals surface area contributed by atoms with Crippen LogP contribution >= 0.6 is 11.6 Å². The Hall–Kier alpha value is -2.33. The van der Waals surface area contributed by atoms with E-state index in [9.17, 15) is 9.59 Å². The largest absolute Gasteiger partial charge is 0.338 e. The van der Waals surface area contributed by atoms with Gasteiger partial charge in [0.2, 0.25) is 5.91 Å². The standard InChI is InChI=1S/C18H17ClN2O2/c19-15-7-9-16(10-8-15)20-18(23)14-5-3-13(4-6-14)12-21-11-1-2-17(21)22/h3-10H,1-2,11-12H2,(H,20,23). The summed E-state index contributed by atoms with van der Waals surface area (Å²) in [5, 5.41) is 3.45. The van der Waals surface area contributed by atoms with Gasteiger partial charge in [0.1, 0.15) is 0 Å². The van der Waals surface area contributed by atoms with Crippen LogP contribution in [0.25, 0.3) is 0 Å². The van der Waals surface area contributed by atoms with Crippen molar-refractivity contribution < 1.29 is 9.59 Å². The van der Waals surface area contributed by atoms with Gasteiger partial charge in [0.25, 0.3) is 5.91 Å². The molecule has 1 N–H and O–H groups in total. The molecule has 1 aliphatic rings. The lowest BCUT2D eigenvalue weighted by Crippen LogP contribution is -2.23. The fraction of sp³-hybridized carbons (Fsp3) is 0.222. The molecule has 1 aliphatic heterocycles. The van der Waals surface area contributed by atoms with Crippen molar-refractivity contribution in [3.05, 3.63) is 64.7 Å². The molecule has 3 rings (SSSR count). The third-order valence-corrected chi connectivity index (χ3v) is 4.12. The van der Waals surface area contributed by atoms with Crippen LogP contribution in [0.5, 0.6) is 0 Å². The van der Waals surface area contributed by atoms with Gasteiger partial charge in [-0.2, -0.15) is 0 Å². The molecule has 23 heavy (non-hydrogen) atoms. The van der Waals surface area contributed by atoms with Gasteiger partial charge in [-0.25, -0.2) is 0 Å². The SMILES string of the molecule is O=C(Nc1ccc(Cl)cc1)c1ccc(CN2CCCC2=O)cc1. The van der Waals surface area contributed by atoms with Crippen molar-refractivity contribution in [2.24, 2.45) is 0 Å². The molecule has 2 amide bonds. The first-order valence-corrected chi connectivity index (χ1v) is 7.93. The van der Waals surface area contributed by atoms with Gasteiger partial charge < -0.3 is 10.2 Å². The Morgan fingerprint density at radius 2 is 1.78 bits per heavy atom. The van der Waals surface area contributed by atoms with Crippen molar-refractivity contribution in [1.82, 2.24) is 4.90 Å². The first-order chi connectivity index (χ1) is 11.1. The number of carbonyl (C=O) groups is 2. The predicted octanol–water partition coefficient (Wildman–Crippen LogP) is 3.71. The number of nitrogens with one attached hydrogen (secondary N) is 1. The summed E-state index contributed by atoms with van der Waals surface area (Å²) in [5.74, 6) is 0.0330. The van der Waals surface area contributed by atoms with Crippen LogP contribution in [-0.2, 0) is 11.3 Å². The van der Waals surface area contributed by atoms with E-state index in [1.807, 2.05) is 17.0 Å². The molecule has 0 unspecified atom stereocenters. The predicted molar refractivity (Wildman–Crippen MR) is 90.5 cm³/mol. The lowest BCUT2D eigenvalue weighted by Gasteiger charge is -2.15. The zero-order valence-electron chi connectivity index (χ0n) is 12.6. The fourth-order valence-electron chi connectivity index (χ4n) is 2.59. The van der Waals surface area contributed by atoms with Crippen LogP contribution in [0, 0.1) is 0 Å². The molecular formula is C18H17ClN2O2. The topological polar surface area (TPSA) is 49.4 Å². The Morgan fingerprint density at radius 3 is 2.39 bits per heavy atom. The van der Waals surface area contributed by atoms with Crippen LogP contribution in [-0.4, -0.2) is 23.3 Å². The van der Waals surface area contributed by atoms with Gasteiger partial charge in [0, 0.05) is 35.8 Å². The van der Waals surface area contributed by atoms with Gasteiger partial charge in [0.15, 0.2) is 0 Å². The smallest absolute Gasteiger partial charge is 0.255 e. The summed E-state index contributed by atoms with van der Waals surface area (Å²) in [6, 6.07) is 14.3. The fourth-order valence-corrected chi connectivity index (χ4v) is 2.72. The molecule has 0 spiro atoms. The summed E-state index contributed by atoms with van der Waals surface area (Å²) < 4.78 is 0. The van der Waals surface area contributed by atoms with Crippen LogP contribution in [0.3, 0.4) is 0 Å². The number of hydrogen-bond acceptors (Lipinski definition) is 2. The quantitative estimate of drug-likeness (QED) is 0.930. The number of carbonyl (C=O) groups excluding carboxylic acids is 2. The molecule has 0 aliphatic carbocycles. The maximum absolute atomic E-state index is 12.2. The molecule has 0 radical (unpaired) electrons. The van der Waals surface area contributed by atoms with Crippen LogP contribution in [0.15, 0.2) is 48.5 Å². The molecule has 5 heteroatoms. The van der Waals surface area contributed by atoms with E-state index in [-0.39, 0.29) is 11.8 Å². The minimum atomic E-state index is -0.170. The maximum atomic E-state index is 12.2. The molecule has 2 aromatic rings. The van der Waals surface area contributed by atoms with Crippen LogP contribution in [0.1, 0.15) is 28.8 Å². The summed E-state index contributed by atoms with van der Waals surface area (Å²) >= 11 is 5.82. The van der Waals surface area contributed by atoms with E-state index < -0.39 is 0 Å². The van der Waals surface area contributed by atoms with Crippen LogP contribution < -0.4 is 5.32 Å². The monoisotopic (exact) mass is 328 g/mol. The summed E-state index contributed by atoms with van der Waals surface area (Å²) in [4.78, 5) is 25.7. The molecule has 1 saturated heterocycles. The van der Waals surface area contributed by atoms with Crippen molar-refractivity contribution in [3.8, 4) is 0 Å². The number of anilines is 1. The summed E-state index contributed by atoms with van der Waals surface area (Å²) in [6.45, 7) is 1.43. The third kappa shape index (κ3) is 3.90. The number of nitrogens with zero attached hydrogens (tertiary/aromatic N) is 1. The normalized spacial score (nSPS) is 14.1. The molecule has 0 atom stereocenters. The molecular weight excluding hydrogens is 312 g/mol. The third-order valence-electron chi connectivity index (χ3n) is 3.86. The lowest BCUT2D eigenvalue weighted by molar-refractivity contribution is -0.128. The number of rotatable bonds is 4. The van der Waals surface area contributed by atoms with E-state index in [4.69, 9.17) is 11.6 Å². The minimum absolute atomic E-state index is 0.170. The summed E-state index contributed by atoms with van der Waals surface area (Å²) in [5.41, 5.74) is 2.31. The van der Waals surface area contributed by atoms with Gasteiger partial charge >= 0.3 is 0 Å². The number of amides is 2. The highest BCUT2D eigenvalue weighted by Crippen LogP contribution is 2.17. The van der Waals surface area contributed by atoms with Gasteiger partial charge in [0.05, 0.1) is 0 Å². The van der Waals surface area contributed by atoms with E-state index in [2.05, 4.69) is 5.32 Å². The Morgan fingerprint density at radius 1 is 1.09 bits per heavy atom. The minimum Gasteiger partial charge on any atom is -0.338 e. The van der Waals surface area contributed by atoms with Crippen molar-refractivity contribution in [2.45, 2.75) is 19.4 Å². The Balaban J connectivity index is 1.63. The number of halogens is 1. The first kappa shape index (κ1) is 15.6. The average molecular weight is 329 g/mol. The van der Waals surface area contributed by atoms with Gasteiger partial charge in [-0.1, -0.05) is 23.7 Å². The highest BCUT2D eigenvalue weighted by atomic mass is 35.5. The van der Waals surface area contributed by atoms with Gasteiger partial charge in [-0.05, 0) is 48.4 Å². The molecule has 118 valence electrons. The van der Waals surface area contributed by atoms with Crippen LogP contribution in [0.4, 0.5) is 5.69 Å². The van der Waals surface area contributed by atoms with E-state index in [0.29, 0.717) is 29.2 Å². The zero-order valence-corrected chi connectivity index (χ0v) is 13.3. The number of hydrogen-bond donors (Lipinski definition) is 1. The van der Waals surface area contributed by atoms with Crippen molar-refractivity contribution in [2.75, 3.05) is 11.9 Å². The van der Waals surface area contributed by atoms with E-state index in [1.54, 1.807) is 36.4 Å². The van der Waals surface area contributed by atoms with Crippen molar-refractivity contribution in [3.63, 3.8) is 0 Å². The highest BCUT2D eigenvalue weighted by molar-refractivity contribution is 6.30. The van der Waals surface area contributed by atoms with Gasteiger partial charge in [-0.3, -0.25) is 9.59 Å². The molecule has 0 saturated carbocycles. The molecule has 1 fully saturated rings. The van der Waals surface area contributed by atoms with E-state index >= 15 is 0 Å². The number of likely N-dealkylation sites (tertiary alicyclic amines) is 1. The average Bonchev–Trinajstić information content (AvgIpc) is 2.95. The van der Waals surface area contributed by atoms with Crippen molar-refractivity contribution >= 4 is 29.1 Å². The van der Waals surface area contributed by atoms with Crippen molar-refractivity contribution in [1.29, 1.82) is 0 Å². The lowest BCUT2D eigenvalue weighted by atomic mass is 10.1. The molecule has 4 nitrogen and oxygen atoms in total. The molecule has 0 bridgehead atoms.